The van der Waals surface area contributed by atoms with E-state index in [1.807, 2.05) is 28.8 Å². The number of aliphatic hydroxyl groups excluding tert-OH is 1. The van der Waals surface area contributed by atoms with E-state index in [-0.39, 0.29) is 25.1 Å². The number of hydrogen-bond acceptors (Lipinski definition) is 6. The third-order valence-electron chi connectivity index (χ3n) is 6.29. The molecule has 0 aliphatic carbocycles. The summed E-state index contributed by atoms with van der Waals surface area (Å²) >= 11 is 0. The SMILES string of the molecule is O=C(NC1CCN(C(=O)O)C(c2nc3ccccc3n2CCO)C1)c1ccc2c(c1)OCCO2. The van der Waals surface area contributed by atoms with Crippen molar-refractivity contribution in [1.29, 1.82) is 0 Å². The van der Waals surface area contributed by atoms with Crippen molar-refractivity contribution in [2.24, 2.45) is 0 Å². The van der Waals surface area contributed by atoms with Gasteiger partial charge in [0.2, 0.25) is 0 Å². The van der Waals surface area contributed by atoms with Gasteiger partial charge in [0.15, 0.2) is 11.5 Å². The minimum atomic E-state index is -1.04. The lowest BCUT2D eigenvalue weighted by atomic mass is 9.96. The fraction of sp³-hybridized carbons (Fsp3) is 0.375. The van der Waals surface area contributed by atoms with Gasteiger partial charge in [0.05, 0.1) is 23.7 Å². The smallest absolute Gasteiger partial charge is 0.407 e. The van der Waals surface area contributed by atoms with E-state index in [4.69, 9.17) is 14.5 Å². The maximum atomic E-state index is 13.0. The molecule has 3 heterocycles. The molecule has 1 fully saturated rings. The summed E-state index contributed by atoms with van der Waals surface area (Å²) in [5, 5.41) is 22.5. The number of piperidine rings is 1. The molecule has 0 radical (unpaired) electrons. The van der Waals surface area contributed by atoms with Crippen LogP contribution >= 0.6 is 0 Å². The number of amides is 2. The maximum absolute atomic E-state index is 13.0. The van der Waals surface area contributed by atoms with Gasteiger partial charge in [-0.25, -0.2) is 9.78 Å². The lowest BCUT2D eigenvalue weighted by molar-refractivity contribution is 0.0806. The van der Waals surface area contributed by atoms with Crippen molar-refractivity contribution in [3.05, 3.63) is 53.9 Å². The van der Waals surface area contributed by atoms with Crippen molar-refractivity contribution in [2.75, 3.05) is 26.4 Å². The van der Waals surface area contributed by atoms with Gasteiger partial charge in [0.1, 0.15) is 19.0 Å². The van der Waals surface area contributed by atoms with E-state index in [0.717, 1.165) is 11.0 Å². The maximum Gasteiger partial charge on any atom is 0.407 e. The highest BCUT2D eigenvalue weighted by atomic mass is 16.6. The van der Waals surface area contributed by atoms with Crippen molar-refractivity contribution >= 4 is 23.0 Å². The van der Waals surface area contributed by atoms with Crippen LogP contribution in [0.2, 0.25) is 0 Å². The highest BCUT2D eigenvalue weighted by Crippen LogP contribution is 2.34. The first-order chi connectivity index (χ1) is 16.5. The van der Waals surface area contributed by atoms with E-state index >= 15 is 0 Å². The van der Waals surface area contributed by atoms with Crippen LogP contribution < -0.4 is 14.8 Å². The molecule has 34 heavy (non-hydrogen) atoms. The van der Waals surface area contributed by atoms with Gasteiger partial charge in [0.25, 0.3) is 5.91 Å². The number of benzene rings is 2. The zero-order valence-corrected chi connectivity index (χ0v) is 18.5. The Labute approximate surface area is 195 Å². The second-order valence-corrected chi connectivity index (χ2v) is 8.38. The fourth-order valence-corrected chi connectivity index (χ4v) is 4.71. The molecule has 0 bridgehead atoms. The Balaban J connectivity index is 1.40. The van der Waals surface area contributed by atoms with E-state index in [1.54, 1.807) is 18.2 Å². The van der Waals surface area contributed by atoms with Gasteiger partial charge in [-0.3, -0.25) is 9.69 Å². The Morgan fingerprint density at radius 2 is 1.91 bits per heavy atom. The Morgan fingerprint density at radius 1 is 1.12 bits per heavy atom. The molecule has 5 rings (SSSR count). The number of carboxylic acid groups (broad SMARTS) is 1. The zero-order chi connectivity index (χ0) is 23.7. The highest BCUT2D eigenvalue weighted by Gasteiger charge is 2.36. The molecule has 0 saturated carbocycles. The van der Waals surface area contributed by atoms with E-state index < -0.39 is 12.1 Å². The van der Waals surface area contributed by atoms with E-state index in [1.165, 1.54) is 4.90 Å². The number of imidazole rings is 1. The second kappa shape index (κ2) is 9.22. The summed E-state index contributed by atoms with van der Waals surface area (Å²) in [6.07, 6.45) is -0.180. The van der Waals surface area contributed by atoms with E-state index in [9.17, 15) is 19.8 Å². The molecule has 2 amide bonds. The van der Waals surface area contributed by atoms with Crippen LogP contribution in [0.4, 0.5) is 4.79 Å². The molecule has 1 saturated heterocycles. The van der Waals surface area contributed by atoms with Crippen LogP contribution in [0.25, 0.3) is 11.0 Å². The topological polar surface area (TPSA) is 126 Å². The summed E-state index contributed by atoms with van der Waals surface area (Å²) in [5.74, 6) is 1.46. The average molecular weight is 466 g/mol. The molecular weight excluding hydrogens is 440 g/mol. The average Bonchev–Trinajstić information content (AvgIpc) is 3.22. The molecule has 10 nitrogen and oxygen atoms in total. The normalized spacial score (nSPS) is 19.7. The monoisotopic (exact) mass is 466 g/mol. The minimum absolute atomic E-state index is 0.0998. The lowest BCUT2D eigenvalue weighted by Gasteiger charge is -2.37. The molecule has 2 aliphatic rings. The van der Waals surface area contributed by atoms with Crippen LogP contribution in [0.3, 0.4) is 0 Å². The molecule has 2 aromatic carbocycles. The van der Waals surface area contributed by atoms with Crippen LogP contribution in [0, 0.1) is 0 Å². The number of nitrogens with one attached hydrogen (secondary N) is 1. The van der Waals surface area contributed by atoms with E-state index in [2.05, 4.69) is 5.32 Å². The van der Waals surface area contributed by atoms with Gasteiger partial charge in [-0.15, -0.1) is 0 Å². The number of ether oxygens (including phenoxy) is 2. The van der Waals surface area contributed by atoms with Crippen LogP contribution in [0.15, 0.2) is 42.5 Å². The van der Waals surface area contributed by atoms with Gasteiger partial charge in [-0.05, 0) is 43.2 Å². The number of fused-ring (bicyclic) bond motifs is 2. The van der Waals surface area contributed by atoms with Gasteiger partial charge >= 0.3 is 6.09 Å². The van der Waals surface area contributed by atoms with Gasteiger partial charge in [0, 0.05) is 24.7 Å². The fourth-order valence-electron chi connectivity index (χ4n) is 4.71. The van der Waals surface area contributed by atoms with Gasteiger partial charge < -0.3 is 29.6 Å². The molecule has 3 N–H and O–H groups in total. The Morgan fingerprint density at radius 3 is 2.71 bits per heavy atom. The van der Waals surface area contributed by atoms with Crippen molar-refractivity contribution in [3.8, 4) is 11.5 Å². The number of aromatic nitrogens is 2. The second-order valence-electron chi connectivity index (χ2n) is 8.38. The molecule has 1 aromatic heterocycles. The molecular formula is C24H26N4O6. The zero-order valence-electron chi connectivity index (χ0n) is 18.5. The Hall–Kier alpha value is -3.79. The van der Waals surface area contributed by atoms with Crippen LogP contribution in [-0.2, 0) is 6.54 Å². The molecule has 0 spiro atoms. The largest absolute Gasteiger partial charge is 0.486 e. The number of hydrogen-bond donors (Lipinski definition) is 3. The third-order valence-corrected chi connectivity index (χ3v) is 6.29. The minimum Gasteiger partial charge on any atom is -0.486 e. The van der Waals surface area contributed by atoms with Crippen molar-refractivity contribution in [3.63, 3.8) is 0 Å². The first-order valence-electron chi connectivity index (χ1n) is 11.3. The number of nitrogens with zero attached hydrogens (tertiary/aromatic N) is 3. The quantitative estimate of drug-likeness (QED) is 0.527. The van der Waals surface area contributed by atoms with Crippen LogP contribution in [0.5, 0.6) is 11.5 Å². The van der Waals surface area contributed by atoms with E-state index in [0.29, 0.717) is 55.5 Å². The van der Waals surface area contributed by atoms with Gasteiger partial charge in [-0.2, -0.15) is 0 Å². The summed E-state index contributed by atoms with van der Waals surface area (Å²) in [6.45, 7) is 1.37. The number of likely N-dealkylation sites (tertiary alicyclic amines) is 1. The first kappa shape index (κ1) is 22.0. The summed E-state index contributed by atoms with van der Waals surface area (Å²) < 4.78 is 13.0. The summed E-state index contributed by atoms with van der Waals surface area (Å²) in [6, 6.07) is 11.8. The van der Waals surface area contributed by atoms with Crippen LogP contribution in [-0.4, -0.2) is 69.1 Å². The molecule has 2 atom stereocenters. The number of carbonyl (C=O) groups is 2. The highest BCUT2D eigenvalue weighted by molar-refractivity contribution is 5.95. The number of rotatable bonds is 5. The third kappa shape index (κ3) is 4.12. The van der Waals surface area contributed by atoms with Crippen molar-refractivity contribution in [1.82, 2.24) is 19.8 Å². The number of para-hydroxylation sites is 2. The molecule has 2 aliphatic heterocycles. The number of carbonyl (C=O) groups excluding carboxylic acids is 1. The molecule has 3 aromatic rings. The van der Waals surface area contributed by atoms with Crippen molar-refractivity contribution in [2.45, 2.75) is 31.5 Å². The predicted octanol–water partition coefficient (Wildman–Crippen LogP) is 2.41. The predicted molar refractivity (Wildman–Crippen MR) is 122 cm³/mol. The number of aliphatic hydroxyl groups is 1. The summed E-state index contributed by atoms with van der Waals surface area (Å²) in [7, 11) is 0. The first-order valence-corrected chi connectivity index (χ1v) is 11.3. The molecule has 178 valence electrons. The lowest BCUT2D eigenvalue weighted by Crippen LogP contribution is -2.48. The standard InChI is InChI=1S/C24H26N4O6/c29-10-9-27-18-4-2-1-3-17(18)26-22(27)19-14-16(7-8-28(19)24(31)32)25-23(30)15-5-6-20-21(13-15)34-12-11-33-20/h1-6,13,16,19,29H,7-12,14H2,(H,25,30)(H,31,32). The molecule has 10 heteroatoms. The Bertz CT molecular complexity index is 1230. The van der Waals surface area contributed by atoms with Crippen LogP contribution in [0.1, 0.15) is 35.1 Å². The summed E-state index contributed by atoms with van der Waals surface area (Å²) in [4.78, 5) is 31.1. The summed E-state index contributed by atoms with van der Waals surface area (Å²) in [5.41, 5.74) is 2.02. The van der Waals surface area contributed by atoms with Crippen molar-refractivity contribution < 1.29 is 29.3 Å². The van der Waals surface area contributed by atoms with Gasteiger partial charge in [-0.1, -0.05) is 12.1 Å². The Kier molecular flexibility index (Phi) is 5.97. The molecule has 2 unspecified atom stereocenters.